The smallest absolute Gasteiger partial charge is 0.282 e. The maximum atomic E-state index is 6.19. The first-order valence-corrected chi connectivity index (χ1v) is 8.10. The lowest BCUT2D eigenvalue weighted by molar-refractivity contribution is 0.340. The van der Waals surface area contributed by atoms with Crippen molar-refractivity contribution in [3.05, 3.63) is 54.6 Å². The molecule has 0 radical (unpaired) electrons. The van der Waals surface area contributed by atoms with E-state index in [0.717, 1.165) is 17.0 Å². The average Bonchev–Trinajstić information content (AvgIpc) is 3.30. The predicted octanol–water partition coefficient (Wildman–Crippen LogP) is 2.97. The molecule has 2 N–H and O–H groups in total. The van der Waals surface area contributed by atoms with E-state index >= 15 is 0 Å². The topological polar surface area (TPSA) is 105 Å². The number of nitrogens with zero attached hydrogens (tertiary/aromatic N) is 5. The van der Waals surface area contributed by atoms with Gasteiger partial charge in [-0.3, -0.25) is 0 Å². The molecule has 8 heteroatoms. The Morgan fingerprint density at radius 2 is 1.85 bits per heavy atom. The highest BCUT2D eigenvalue weighted by atomic mass is 16.5. The Balaban J connectivity index is 1.64. The molecule has 0 unspecified atom stereocenters. The number of benzene rings is 2. The molecule has 8 nitrogen and oxygen atoms in total. The van der Waals surface area contributed by atoms with E-state index in [4.69, 9.17) is 15.0 Å². The maximum absolute atomic E-state index is 6.19. The van der Waals surface area contributed by atoms with E-state index in [1.165, 1.54) is 4.68 Å². The summed E-state index contributed by atoms with van der Waals surface area (Å²) < 4.78 is 12.3. The Hall–Kier alpha value is -3.68. The van der Waals surface area contributed by atoms with Crippen LogP contribution in [0, 0.1) is 0 Å². The van der Waals surface area contributed by atoms with Crippen LogP contribution in [0.3, 0.4) is 0 Å². The highest BCUT2D eigenvalue weighted by molar-refractivity contribution is 5.66. The zero-order valence-electron chi connectivity index (χ0n) is 14.0. The van der Waals surface area contributed by atoms with Gasteiger partial charge in [-0.05, 0) is 31.2 Å². The molecule has 4 rings (SSSR count). The van der Waals surface area contributed by atoms with Crippen molar-refractivity contribution < 1.29 is 9.26 Å². The Labute approximate surface area is 149 Å². The third kappa shape index (κ3) is 2.88. The molecule has 0 atom stereocenters. The second-order valence-electron chi connectivity index (χ2n) is 5.45. The van der Waals surface area contributed by atoms with Crippen LogP contribution >= 0.6 is 0 Å². The molecule has 0 aliphatic heterocycles. The van der Waals surface area contributed by atoms with Crippen LogP contribution in [-0.4, -0.2) is 31.7 Å². The molecule has 2 aromatic carbocycles. The summed E-state index contributed by atoms with van der Waals surface area (Å²) in [7, 11) is 0. The van der Waals surface area contributed by atoms with Gasteiger partial charge in [0.2, 0.25) is 5.82 Å². The second-order valence-corrected chi connectivity index (χ2v) is 5.45. The Morgan fingerprint density at radius 1 is 1.08 bits per heavy atom. The third-order valence-corrected chi connectivity index (χ3v) is 3.76. The predicted molar refractivity (Wildman–Crippen MR) is 95.7 cm³/mol. The van der Waals surface area contributed by atoms with E-state index in [1.807, 2.05) is 61.5 Å². The average molecular weight is 348 g/mol. The van der Waals surface area contributed by atoms with Crippen molar-refractivity contribution >= 4 is 5.82 Å². The van der Waals surface area contributed by atoms with Gasteiger partial charge in [0.25, 0.3) is 5.89 Å². The number of nitrogen functional groups attached to an aromatic ring is 1. The number of nitrogens with two attached hydrogens (primary N) is 1. The molecule has 26 heavy (non-hydrogen) atoms. The molecule has 0 aliphatic rings. The number of hydrogen-bond donors (Lipinski definition) is 1. The van der Waals surface area contributed by atoms with Crippen molar-refractivity contribution in [2.75, 3.05) is 12.3 Å². The van der Waals surface area contributed by atoms with E-state index in [0.29, 0.717) is 23.9 Å². The monoisotopic (exact) mass is 348 g/mol. The van der Waals surface area contributed by atoms with Gasteiger partial charge in [-0.15, -0.1) is 5.10 Å². The van der Waals surface area contributed by atoms with Crippen LogP contribution in [0.15, 0.2) is 59.1 Å². The summed E-state index contributed by atoms with van der Waals surface area (Å²) in [6, 6.07) is 16.9. The molecule has 0 saturated carbocycles. The van der Waals surface area contributed by atoms with Gasteiger partial charge in [-0.1, -0.05) is 40.7 Å². The van der Waals surface area contributed by atoms with Crippen LogP contribution in [0.2, 0.25) is 0 Å². The first kappa shape index (κ1) is 15.8. The van der Waals surface area contributed by atoms with E-state index in [9.17, 15) is 0 Å². The largest absolute Gasteiger partial charge is 0.494 e. The fourth-order valence-electron chi connectivity index (χ4n) is 2.51. The lowest BCUT2D eigenvalue weighted by Crippen LogP contribution is -2.02. The molecule has 0 spiro atoms. The van der Waals surface area contributed by atoms with Gasteiger partial charge in [-0.2, -0.15) is 9.67 Å². The van der Waals surface area contributed by atoms with Crippen LogP contribution in [0.4, 0.5) is 5.82 Å². The Bertz CT molecular complexity index is 1010. The highest BCUT2D eigenvalue weighted by Gasteiger charge is 2.19. The molecule has 0 fully saturated rings. The van der Waals surface area contributed by atoms with Crippen molar-refractivity contribution in [1.29, 1.82) is 0 Å². The van der Waals surface area contributed by atoms with Crippen molar-refractivity contribution in [3.8, 4) is 34.4 Å². The van der Waals surface area contributed by atoms with E-state index < -0.39 is 0 Å². The molecule has 4 aromatic rings. The van der Waals surface area contributed by atoms with Crippen molar-refractivity contribution in [1.82, 2.24) is 25.1 Å². The fraction of sp³-hybridized carbons (Fsp3) is 0.111. The van der Waals surface area contributed by atoms with Gasteiger partial charge >= 0.3 is 0 Å². The zero-order valence-corrected chi connectivity index (χ0v) is 14.0. The van der Waals surface area contributed by atoms with Gasteiger partial charge < -0.3 is 15.0 Å². The lowest BCUT2D eigenvalue weighted by atomic mass is 10.2. The van der Waals surface area contributed by atoms with Crippen molar-refractivity contribution in [2.45, 2.75) is 6.92 Å². The SMILES string of the molecule is CCOc1ccc(-n2nnc(-c3nc(-c4ccccc4)no3)c2N)cc1. The molecular weight excluding hydrogens is 332 g/mol. The van der Waals surface area contributed by atoms with Gasteiger partial charge in [0.15, 0.2) is 11.5 Å². The molecular formula is C18H16N6O2. The van der Waals surface area contributed by atoms with E-state index in [1.54, 1.807) is 0 Å². The van der Waals surface area contributed by atoms with Crippen LogP contribution in [0.5, 0.6) is 5.75 Å². The molecule has 130 valence electrons. The van der Waals surface area contributed by atoms with E-state index in [2.05, 4.69) is 20.5 Å². The number of aromatic nitrogens is 5. The van der Waals surface area contributed by atoms with E-state index in [-0.39, 0.29) is 5.89 Å². The number of ether oxygens (including phenoxy) is 1. The summed E-state index contributed by atoms with van der Waals surface area (Å²) >= 11 is 0. The van der Waals surface area contributed by atoms with Crippen molar-refractivity contribution in [2.24, 2.45) is 0 Å². The number of anilines is 1. The summed E-state index contributed by atoms with van der Waals surface area (Å²) in [6.45, 7) is 2.54. The standard InChI is InChI=1S/C18H16N6O2/c1-2-25-14-10-8-13(9-11-14)24-16(19)15(21-23-24)18-20-17(22-26-18)12-6-4-3-5-7-12/h3-11H,2,19H2,1H3. The first-order chi connectivity index (χ1) is 12.8. The summed E-state index contributed by atoms with van der Waals surface area (Å²) in [6.07, 6.45) is 0. The second kappa shape index (κ2) is 6.67. The minimum Gasteiger partial charge on any atom is -0.494 e. The van der Waals surface area contributed by atoms with Crippen LogP contribution < -0.4 is 10.5 Å². The van der Waals surface area contributed by atoms with Crippen molar-refractivity contribution in [3.63, 3.8) is 0 Å². The summed E-state index contributed by atoms with van der Waals surface area (Å²) in [5.41, 5.74) is 8.14. The summed E-state index contributed by atoms with van der Waals surface area (Å²) in [5, 5.41) is 12.2. The Morgan fingerprint density at radius 3 is 2.58 bits per heavy atom. The van der Waals surface area contributed by atoms with Crippen LogP contribution in [0.1, 0.15) is 6.92 Å². The summed E-state index contributed by atoms with van der Waals surface area (Å²) in [4.78, 5) is 4.36. The minimum absolute atomic E-state index is 0.221. The minimum atomic E-state index is 0.221. The lowest BCUT2D eigenvalue weighted by Gasteiger charge is -2.05. The Kier molecular flexibility index (Phi) is 4.06. The molecule has 0 saturated heterocycles. The van der Waals surface area contributed by atoms with Gasteiger partial charge in [0, 0.05) is 5.56 Å². The zero-order chi connectivity index (χ0) is 17.9. The molecule has 0 amide bonds. The molecule has 2 aromatic heterocycles. The molecule has 0 aliphatic carbocycles. The molecule has 2 heterocycles. The quantitative estimate of drug-likeness (QED) is 0.591. The van der Waals surface area contributed by atoms with Crippen LogP contribution in [-0.2, 0) is 0 Å². The van der Waals surface area contributed by atoms with Gasteiger partial charge in [0.05, 0.1) is 12.3 Å². The first-order valence-electron chi connectivity index (χ1n) is 8.10. The third-order valence-electron chi connectivity index (χ3n) is 3.76. The fourth-order valence-corrected chi connectivity index (χ4v) is 2.51. The summed E-state index contributed by atoms with van der Waals surface area (Å²) in [5.74, 6) is 1.78. The van der Waals surface area contributed by atoms with Gasteiger partial charge in [-0.25, -0.2) is 0 Å². The highest BCUT2D eigenvalue weighted by Crippen LogP contribution is 2.26. The van der Waals surface area contributed by atoms with Gasteiger partial charge in [0.1, 0.15) is 5.75 Å². The normalized spacial score (nSPS) is 10.8. The maximum Gasteiger partial charge on any atom is 0.282 e. The van der Waals surface area contributed by atoms with Crippen LogP contribution in [0.25, 0.3) is 28.7 Å². The molecule has 0 bridgehead atoms. The number of rotatable bonds is 5. The number of hydrogen-bond acceptors (Lipinski definition) is 7.